The zero-order chi connectivity index (χ0) is 24.1. The lowest BCUT2D eigenvalue weighted by Gasteiger charge is -2.30. The summed E-state index contributed by atoms with van der Waals surface area (Å²) >= 11 is 6.16. The average Bonchev–Trinajstić information content (AvgIpc) is 3.30. The van der Waals surface area contributed by atoms with E-state index in [0.717, 1.165) is 31.5 Å². The van der Waals surface area contributed by atoms with Crippen LogP contribution in [0.4, 0.5) is 10.3 Å². The molecule has 1 saturated heterocycles. The van der Waals surface area contributed by atoms with Gasteiger partial charge in [0, 0.05) is 36.9 Å². The van der Waals surface area contributed by atoms with Crippen LogP contribution in [0.3, 0.4) is 0 Å². The second-order valence-electron chi connectivity index (χ2n) is 8.18. The molecule has 0 amide bonds. The number of ether oxygens (including phenoxy) is 1. The van der Waals surface area contributed by atoms with Crippen molar-refractivity contribution < 1.29 is 18.4 Å². The Morgan fingerprint density at radius 1 is 1.29 bits per heavy atom. The molecule has 1 fully saturated rings. The van der Waals surface area contributed by atoms with E-state index in [9.17, 15) is 9.18 Å². The summed E-state index contributed by atoms with van der Waals surface area (Å²) in [5, 5.41) is 4.63. The van der Waals surface area contributed by atoms with Gasteiger partial charge in [0.2, 0.25) is 11.8 Å². The maximum atomic E-state index is 13.3. The summed E-state index contributed by atoms with van der Waals surface area (Å²) in [5.74, 6) is 1.03. The van der Waals surface area contributed by atoms with Crippen molar-refractivity contribution in [2.24, 2.45) is 0 Å². The van der Waals surface area contributed by atoms with E-state index in [1.165, 1.54) is 24.5 Å². The van der Waals surface area contributed by atoms with Crippen LogP contribution >= 0.6 is 11.6 Å². The largest absolute Gasteiger partial charge is 0.462 e. The van der Waals surface area contributed by atoms with Crippen LogP contribution in [0.15, 0.2) is 35.1 Å². The van der Waals surface area contributed by atoms with Crippen molar-refractivity contribution in [2.45, 2.75) is 38.8 Å². The molecule has 0 radical (unpaired) electrons. The lowest BCUT2D eigenvalue weighted by molar-refractivity contribution is 0.0525. The Morgan fingerprint density at radius 3 is 2.71 bits per heavy atom. The molecule has 0 spiro atoms. The second kappa shape index (κ2) is 10.9. The normalized spacial score (nSPS) is 14.8. The van der Waals surface area contributed by atoms with Gasteiger partial charge in [-0.15, -0.1) is 0 Å². The Bertz CT molecular complexity index is 1120. The van der Waals surface area contributed by atoms with Gasteiger partial charge in [0.15, 0.2) is 5.82 Å². The van der Waals surface area contributed by atoms with Crippen molar-refractivity contribution in [1.82, 2.24) is 25.0 Å². The molecule has 3 heterocycles. The van der Waals surface area contributed by atoms with Gasteiger partial charge in [-0.25, -0.2) is 19.2 Å². The van der Waals surface area contributed by atoms with Gasteiger partial charge in [0.05, 0.1) is 18.7 Å². The Balaban J connectivity index is 1.29. The minimum Gasteiger partial charge on any atom is -0.462 e. The Kier molecular flexibility index (Phi) is 7.69. The SMILES string of the molecule is CCOC(=O)c1cnc(N(C)Cc2nc(C3CCN(Cc4ccc(F)cc4Cl)CC3)no2)nc1. The minimum absolute atomic E-state index is 0.211. The third kappa shape index (κ3) is 5.87. The quantitative estimate of drug-likeness (QED) is 0.438. The Labute approximate surface area is 201 Å². The highest BCUT2D eigenvalue weighted by Crippen LogP contribution is 2.28. The predicted molar refractivity (Wildman–Crippen MR) is 123 cm³/mol. The van der Waals surface area contributed by atoms with E-state index in [-0.39, 0.29) is 11.7 Å². The molecule has 0 atom stereocenters. The summed E-state index contributed by atoms with van der Waals surface area (Å²) < 4.78 is 23.7. The van der Waals surface area contributed by atoms with E-state index in [4.69, 9.17) is 20.9 Å². The van der Waals surface area contributed by atoms with E-state index in [2.05, 4.69) is 25.0 Å². The lowest BCUT2D eigenvalue weighted by Crippen LogP contribution is -2.32. The van der Waals surface area contributed by atoms with Crippen molar-refractivity contribution in [3.8, 4) is 0 Å². The molecular formula is C23H26ClFN6O3. The number of benzene rings is 1. The molecule has 0 N–H and O–H groups in total. The Morgan fingerprint density at radius 2 is 2.03 bits per heavy atom. The number of nitrogens with zero attached hydrogens (tertiary/aromatic N) is 6. The van der Waals surface area contributed by atoms with Crippen molar-refractivity contribution in [3.05, 3.63) is 64.3 Å². The highest BCUT2D eigenvalue weighted by Gasteiger charge is 2.25. The van der Waals surface area contributed by atoms with E-state index in [1.54, 1.807) is 17.9 Å². The number of aromatic nitrogens is 4. The topological polar surface area (TPSA) is 97.5 Å². The van der Waals surface area contributed by atoms with Crippen molar-refractivity contribution in [1.29, 1.82) is 0 Å². The van der Waals surface area contributed by atoms with E-state index >= 15 is 0 Å². The van der Waals surface area contributed by atoms with Gasteiger partial charge in [-0.3, -0.25) is 4.90 Å². The molecule has 3 aromatic rings. The number of hydrogen-bond donors (Lipinski definition) is 0. The molecule has 180 valence electrons. The lowest BCUT2D eigenvalue weighted by atomic mass is 9.96. The molecule has 34 heavy (non-hydrogen) atoms. The zero-order valence-electron chi connectivity index (χ0n) is 19.1. The van der Waals surface area contributed by atoms with E-state index in [1.807, 2.05) is 7.05 Å². The fourth-order valence-corrected chi connectivity index (χ4v) is 4.08. The molecule has 0 saturated carbocycles. The number of piperidine rings is 1. The smallest absolute Gasteiger partial charge is 0.341 e. The number of halogens is 2. The van der Waals surface area contributed by atoms with Crippen LogP contribution < -0.4 is 4.90 Å². The highest BCUT2D eigenvalue weighted by molar-refractivity contribution is 6.31. The second-order valence-corrected chi connectivity index (χ2v) is 8.59. The fourth-order valence-electron chi connectivity index (χ4n) is 3.85. The Hall–Kier alpha value is -3.11. The van der Waals surface area contributed by atoms with Gasteiger partial charge < -0.3 is 14.2 Å². The number of rotatable bonds is 8. The first kappa shape index (κ1) is 24.0. The van der Waals surface area contributed by atoms with Gasteiger partial charge in [0.1, 0.15) is 5.82 Å². The zero-order valence-corrected chi connectivity index (χ0v) is 19.8. The first-order valence-corrected chi connectivity index (χ1v) is 11.5. The van der Waals surface area contributed by atoms with Crippen molar-refractivity contribution >= 4 is 23.5 Å². The van der Waals surface area contributed by atoms with Gasteiger partial charge in [-0.2, -0.15) is 4.98 Å². The molecule has 1 aromatic carbocycles. The van der Waals surface area contributed by atoms with Gasteiger partial charge in [-0.05, 0) is 50.6 Å². The van der Waals surface area contributed by atoms with E-state index < -0.39 is 5.97 Å². The number of anilines is 1. The van der Waals surface area contributed by atoms with Gasteiger partial charge in [-0.1, -0.05) is 22.8 Å². The van der Waals surface area contributed by atoms with Crippen LogP contribution in [0.1, 0.15) is 53.3 Å². The number of likely N-dealkylation sites (tertiary alicyclic amines) is 1. The van der Waals surface area contributed by atoms with Crippen LogP contribution in [0.25, 0.3) is 0 Å². The first-order valence-electron chi connectivity index (χ1n) is 11.1. The van der Waals surface area contributed by atoms with Crippen LogP contribution in [0.5, 0.6) is 0 Å². The molecule has 0 bridgehead atoms. The standard InChI is InChI=1S/C23H26ClFN6O3/c1-3-33-22(32)17-11-26-23(27-12-17)30(2)14-20-28-21(29-34-20)15-6-8-31(9-7-15)13-16-4-5-18(25)10-19(16)24/h4-5,10-12,15H,3,6-9,13-14H2,1-2H3. The molecule has 0 aliphatic carbocycles. The number of carbonyl (C=O) groups excluding carboxylic acids is 1. The highest BCUT2D eigenvalue weighted by atomic mass is 35.5. The summed E-state index contributed by atoms with van der Waals surface area (Å²) in [6, 6.07) is 4.52. The maximum absolute atomic E-state index is 13.3. The summed E-state index contributed by atoms with van der Waals surface area (Å²) in [6.07, 6.45) is 4.66. The average molecular weight is 489 g/mol. The third-order valence-electron chi connectivity index (χ3n) is 5.71. The number of hydrogen-bond acceptors (Lipinski definition) is 9. The first-order chi connectivity index (χ1) is 16.4. The summed E-state index contributed by atoms with van der Waals surface area (Å²) in [4.78, 5) is 28.8. The fraction of sp³-hybridized carbons (Fsp3) is 0.435. The molecule has 4 rings (SSSR count). The van der Waals surface area contributed by atoms with E-state index in [0.29, 0.717) is 47.9 Å². The molecule has 9 nitrogen and oxygen atoms in total. The molecule has 1 aliphatic heterocycles. The predicted octanol–water partition coefficient (Wildman–Crippen LogP) is 3.84. The van der Waals surface area contributed by atoms with Crippen molar-refractivity contribution in [3.63, 3.8) is 0 Å². The summed E-state index contributed by atoms with van der Waals surface area (Å²) in [7, 11) is 1.81. The van der Waals surface area contributed by atoms with Gasteiger partial charge in [0.25, 0.3) is 0 Å². The maximum Gasteiger partial charge on any atom is 0.341 e. The molecule has 2 aromatic heterocycles. The van der Waals surface area contributed by atoms with Crippen LogP contribution in [0, 0.1) is 5.82 Å². The summed E-state index contributed by atoms with van der Waals surface area (Å²) in [5.41, 5.74) is 1.22. The van der Waals surface area contributed by atoms with Crippen LogP contribution in [-0.4, -0.2) is 57.7 Å². The molecule has 1 aliphatic rings. The summed E-state index contributed by atoms with van der Waals surface area (Å²) in [6.45, 7) is 4.79. The van der Waals surface area contributed by atoms with Crippen LogP contribution in [0.2, 0.25) is 5.02 Å². The number of carbonyl (C=O) groups is 1. The van der Waals surface area contributed by atoms with Gasteiger partial charge >= 0.3 is 5.97 Å². The minimum atomic E-state index is -0.454. The molecular weight excluding hydrogens is 463 g/mol. The monoisotopic (exact) mass is 488 g/mol. The number of esters is 1. The molecule has 0 unspecified atom stereocenters. The third-order valence-corrected chi connectivity index (χ3v) is 6.06. The van der Waals surface area contributed by atoms with Crippen LogP contribution in [-0.2, 0) is 17.8 Å². The van der Waals surface area contributed by atoms with Crippen molar-refractivity contribution in [2.75, 3.05) is 31.6 Å². The molecule has 11 heteroatoms.